The van der Waals surface area contributed by atoms with Crippen LogP contribution in [0.25, 0.3) is 0 Å². The quantitative estimate of drug-likeness (QED) is 0.612. The lowest BCUT2D eigenvalue weighted by molar-refractivity contribution is -0.385. The first-order chi connectivity index (χ1) is 8.45. The van der Waals surface area contributed by atoms with Crippen LogP contribution in [0.3, 0.4) is 0 Å². The third kappa shape index (κ3) is 3.83. The first-order valence-corrected chi connectivity index (χ1v) is 5.69. The summed E-state index contributed by atoms with van der Waals surface area (Å²) in [6, 6.07) is 2.88. The molecule has 7 heteroatoms. The monoisotopic (exact) mass is 274 g/mol. The van der Waals surface area contributed by atoms with Crippen LogP contribution in [0, 0.1) is 17.0 Å². The van der Waals surface area contributed by atoms with E-state index in [4.69, 9.17) is 16.3 Å². The van der Waals surface area contributed by atoms with Crippen molar-refractivity contribution in [2.45, 2.75) is 13.0 Å². The Morgan fingerprint density at radius 2 is 2.28 bits per heavy atom. The molecular weight excluding hydrogens is 260 g/mol. The molecule has 0 saturated carbocycles. The van der Waals surface area contributed by atoms with Crippen LogP contribution in [0.1, 0.15) is 5.56 Å². The third-order valence-electron chi connectivity index (χ3n) is 2.37. The summed E-state index contributed by atoms with van der Waals surface area (Å²) in [6.07, 6.45) is -0.665. The van der Waals surface area contributed by atoms with Gasteiger partial charge in [0.2, 0.25) is 0 Å². The summed E-state index contributed by atoms with van der Waals surface area (Å²) < 4.78 is 4.78. The minimum atomic E-state index is -0.665. The highest BCUT2D eigenvalue weighted by atomic mass is 35.5. The highest BCUT2D eigenvalue weighted by Crippen LogP contribution is 2.30. The molecule has 0 aliphatic carbocycles. The van der Waals surface area contributed by atoms with Crippen LogP contribution in [-0.2, 0) is 4.74 Å². The Morgan fingerprint density at radius 3 is 2.83 bits per heavy atom. The van der Waals surface area contributed by atoms with Crippen molar-refractivity contribution in [1.82, 2.24) is 0 Å². The van der Waals surface area contributed by atoms with Gasteiger partial charge >= 0.3 is 0 Å². The summed E-state index contributed by atoms with van der Waals surface area (Å²) >= 11 is 5.93. The molecule has 0 radical (unpaired) electrons. The van der Waals surface area contributed by atoms with Gasteiger partial charge in [0.15, 0.2) is 0 Å². The Bertz CT molecular complexity index is 439. The van der Waals surface area contributed by atoms with E-state index in [0.717, 1.165) is 0 Å². The number of hydrogen-bond acceptors (Lipinski definition) is 5. The Kier molecular flexibility index (Phi) is 5.33. The van der Waals surface area contributed by atoms with Crippen LogP contribution in [0.15, 0.2) is 12.1 Å². The Hall–Kier alpha value is -1.37. The first kappa shape index (κ1) is 14.7. The van der Waals surface area contributed by atoms with Gasteiger partial charge in [-0.1, -0.05) is 11.6 Å². The third-order valence-corrected chi connectivity index (χ3v) is 2.68. The highest BCUT2D eigenvalue weighted by molar-refractivity contribution is 6.33. The van der Waals surface area contributed by atoms with E-state index >= 15 is 0 Å². The summed E-state index contributed by atoms with van der Waals surface area (Å²) in [5.41, 5.74) is 1.03. The Balaban J connectivity index is 2.79. The van der Waals surface area contributed by atoms with Gasteiger partial charge in [-0.2, -0.15) is 0 Å². The molecule has 1 rings (SSSR count). The summed E-state index contributed by atoms with van der Waals surface area (Å²) in [5.74, 6) is 0. The number of nitrogens with one attached hydrogen (secondary N) is 1. The van der Waals surface area contributed by atoms with Crippen LogP contribution in [0.5, 0.6) is 0 Å². The largest absolute Gasteiger partial charge is 0.389 e. The standard InChI is InChI=1S/C11H15ClN2O4/c1-7-3-10(13-5-8(15)6-18-2)9(12)4-11(7)14(16)17/h3-4,8,13,15H,5-6H2,1-2H3/t8-/m0/s1. The van der Waals surface area contributed by atoms with Gasteiger partial charge in [-0.25, -0.2) is 0 Å². The fraction of sp³-hybridized carbons (Fsp3) is 0.455. The van der Waals surface area contributed by atoms with Gasteiger partial charge in [-0.15, -0.1) is 0 Å². The molecule has 0 fully saturated rings. The average molecular weight is 275 g/mol. The van der Waals surface area contributed by atoms with Gasteiger partial charge in [0, 0.05) is 25.3 Å². The number of ether oxygens (including phenoxy) is 1. The van der Waals surface area contributed by atoms with Crippen molar-refractivity contribution >= 4 is 23.0 Å². The Morgan fingerprint density at radius 1 is 1.61 bits per heavy atom. The predicted molar refractivity (Wildman–Crippen MR) is 69.2 cm³/mol. The summed E-state index contributed by atoms with van der Waals surface area (Å²) in [7, 11) is 1.49. The second kappa shape index (κ2) is 6.53. The topological polar surface area (TPSA) is 84.6 Å². The molecule has 100 valence electrons. The SMILES string of the molecule is COC[C@@H](O)CNc1cc(C)c([N+](=O)[O-])cc1Cl. The number of anilines is 1. The van der Waals surface area contributed by atoms with Crippen molar-refractivity contribution in [3.8, 4) is 0 Å². The van der Waals surface area contributed by atoms with E-state index in [2.05, 4.69) is 5.32 Å². The van der Waals surface area contributed by atoms with Gasteiger partial charge in [0.05, 0.1) is 28.3 Å². The maximum atomic E-state index is 10.7. The lowest BCUT2D eigenvalue weighted by Crippen LogP contribution is -2.24. The average Bonchev–Trinajstić information content (AvgIpc) is 2.29. The fourth-order valence-electron chi connectivity index (χ4n) is 1.48. The predicted octanol–water partition coefficient (Wildman–Crippen LogP) is 1.98. The molecule has 0 aliphatic heterocycles. The number of methoxy groups -OCH3 is 1. The lowest BCUT2D eigenvalue weighted by Gasteiger charge is -2.13. The van der Waals surface area contributed by atoms with Gasteiger partial charge < -0.3 is 15.2 Å². The van der Waals surface area contributed by atoms with Crippen molar-refractivity contribution in [2.24, 2.45) is 0 Å². The number of nitrogens with zero attached hydrogens (tertiary/aromatic N) is 1. The number of halogens is 1. The molecule has 6 nitrogen and oxygen atoms in total. The number of nitro groups is 1. The zero-order chi connectivity index (χ0) is 13.7. The Labute approximate surface area is 110 Å². The molecule has 1 atom stereocenters. The van der Waals surface area contributed by atoms with Crippen molar-refractivity contribution in [2.75, 3.05) is 25.6 Å². The molecule has 0 amide bonds. The number of aliphatic hydroxyl groups excluding tert-OH is 1. The molecule has 2 N–H and O–H groups in total. The second-order valence-electron chi connectivity index (χ2n) is 3.87. The number of aryl methyl sites for hydroxylation is 1. The van der Waals surface area contributed by atoms with Crippen molar-refractivity contribution in [3.05, 3.63) is 32.8 Å². The zero-order valence-corrected chi connectivity index (χ0v) is 10.9. The van der Waals surface area contributed by atoms with E-state index in [9.17, 15) is 15.2 Å². The highest BCUT2D eigenvalue weighted by Gasteiger charge is 2.14. The molecule has 0 unspecified atom stereocenters. The molecule has 18 heavy (non-hydrogen) atoms. The molecule has 1 aromatic rings. The molecular formula is C11H15ClN2O4. The number of benzene rings is 1. The molecule has 0 spiro atoms. The number of aliphatic hydroxyl groups is 1. The van der Waals surface area contributed by atoms with Crippen molar-refractivity contribution in [3.63, 3.8) is 0 Å². The number of rotatable bonds is 6. The number of hydrogen-bond donors (Lipinski definition) is 2. The molecule has 0 bridgehead atoms. The van der Waals surface area contributed by atoms with Crippen LogP contribution in [0.4, 0.5) is 11.4 Å². The summed E-state index contributed by atoms with van der Waals surface area (Å²) in [5, 5.41) is 23.3. The molecule has 0 aliphatic rings. The van der Waals surface area contributed by atoms with E-state index in [1.165, 1.54) is 13.2 Å². The van der Waals surface area contributed by atoms with Gasteiger partial charge in [0.1, 0.15) is 0 Å². The lowest BCUT2D eigenvalue weighted by atomic mass is 10.2. The molecule has 0 aromatic heterocycles. The zero-order valence-electron chi connectivity index (χ0n) is 10.1. The smallest absolute Gasteiger partial charge is 0.273 e. The normalized spacial score (nSPS) is 12.2. The van der Waals surface area contributed by atoms with E-state index in [1.54, 1.807) is 13.0 Å². The van der Waals surface area contributed by atoms with Crippen LogP contribution < -0.4 is 5.32 Å². The minimum absolute atomic E-state index is 0.0250. The van der Waals surface area contributed by atoms with Crippen molar-refractivity contribution < 1.29 is 14.8 Å². The maximum absolute atomic E-state index is 10.7. The van der Waals surface area contributed by atoms with Crippen LogP contribution >= 0.6 is 11.6 Å². The molecule has 0 saturated heterocycles. The van der Waals surface area contributed by atoms with E-state index in [0.29, 0.717) is 11.3 Å². The van der Waals surface area contributed by atoms with Crippen LogP contribution in [0.2, 0.25) is 5.02 Å². The fourth-order valence-corrected chi connectivity index (χ4v) is 1.71. The van der Waals surface area contributed by atoms with E-state index < -0.39 is 11.0 Å². The molecule has 0 heterocycles. The summed E-state index contributed by atoms with van der Waals surface area (Å²) in [6.45, 7) is 2.09. The van der Waals surface area contributed by atoms with Gasteiger partial charge in [0.25, 0.3) is 5.69 Å². The first-order valence-electron chi connectivity index (χ1n) is 5.31. The maximum Gasteiger partial charge on any atom is 0.273 e. The molecule has 1 aromatic carbocycles. The second-order valence-corrected chi connectivity index (χ2v) is 4.27. The van der Waals surface area contributed by atoms with Gasteiger partial charge in [-0.05, 0) is 13.0 Å². The van der Waals surface area contributed by atoms with E-state index in [1.807, 2.05) is 0 Å². The van der Waals surface area contributed by atoms with Gasteiger partial charge in [-0.3, -0.25) is 10.1 Å². The number of nitro benzene ring substituents is 1. The summed E-state index contributed by atoms with van der Waals surface area (Å²) in [4.78, 5) is 10.2. The van der Waals surface area contributed by atoms with E-state index in [-0.39, 0.29) is 23.9 Å². The van der Waals surface area contributed by atoms with Crippen molar-refractivity contribution in [1.29, 1.82) is 0 Å². The van der Waals surface area contributed by atoms with Crippen LogP contribution in [-0.4, -0.2) is 36.4 Å². The minimum Gasteiger partial charge on any atom is -0.389 e.